The summed E-state index contributed by atoms with van der Waals surface area (Å²) in [7, 11) is 0. The second-order valence-corrected chi connectivity index (χ2v) is 3.90. The zero-order valence-corrected chi connectivity index (χ0v) is 9.88. The third-order valence-corrected chi connectivity index (χ3v) is 1.79. The summed E-state index contributed by atoms with van der Waals surface area (Å²) in [6, 6.07) is 1.61. The van der Waals surface area contributed by atoms with Crippen molar-refractivity contribution in [2.75, 3.05) is 17.6 Å². The Morgan fingerprint density at radius 2 is 2.25 bits per heavy atom. The molecule has 4 N–H and O–H groups in total. The molecule has 0 bridgehead atoms. The number of nitrogens with one attached hydrogen (secondary N) is 2. The fraction of sp³-hybridized carbons (Fsp3) is 0.444. The van der Waals surface area contributed by atoms with E-state index in [0.717, 1.165) is 0 Å². The molecule has 1 amide bonds. The molecule has 0 unspecified atom stereocenters. The average molecular weight is 244 g/mol. The van der Waals surface area contributed by atoms with Crippen molar-refractivity contribution in [2.45, 2.75) is 19.9 Å². The molecule has 0 aliphatic carbocycles. The first-order chi connectivity index (χ1) is 7.47. The first-order valence-corrected chi connectivity index (χ1v) is 5.18. The summed E-state index contributed by atoms with van der Waals surface area (Å²) in [5, 5.41) is 5.77. The third-order valence-electron chi connectivity index (χ3n) is 1.59. The number of carbonyl (C=O) groups is 1. The van der Waals surface area contributed by atoms with Crippen LogP contribution in [0.4, 0.5) is 11.8 Å². The van der Waals surface area contributed by atoms with Crippen LogP contribution in [0.2, 0.25) is 5.15 Å². The fourth-order valence-electron chi connectivity index (χ4n) is 1.07. The molecule has 16 heavy (non-hydrogen) atoms. The van der Waals surface area contributed by atoms with Crippen molar-refractivity contribution in [3.63, 3.8) is 0 Å². The molecule has 0 spiro atoms. The Kier molecular flexibility index (Phi) is 4.30. The van der Waals surface area contributed by atoms with Crippen LogP contribution < -0.4 is 16.4 Å². The largest absolute Gasteiger partial charge is 0.368 e. The number of halogens is 1. The van der Waals surface area contributed by atoms with Crippen LogP contribution in [-0.2, 0) is 4.79 Å². The molecule has 0 saturated heterocycles. The van der Waals surface area contributed by atoms with E-state index in [1.165, 1.54) is 6.07 Å². The quantitative estimate of drug-likeness (QED) is 0.675. The van der Waals surface area contributed by atoms with Gasteiger partial charge in [-0.05, 0) is 13.8 Å². The van der Waals surface area contributed by atoms with E-state index in [-0.39, 0.29) is 29.6 Å². The van der Waals surface area contributed by atoms with Crippen molar-refractivity contribution >= 4 is 29.3 Å². The molecule has 6 nitrogen and oxygen atoms in total. The monoisotopic (exact) mass is 243 g/mol. The molecule has 0 aromatic carbocycles. The Morgan fingerprint density at radius 1 is 1.56 bits per heavy atom. The number of carbonyl (C=O) groups excluding carboxylic acids is 1. The van der Waals surface area contributed by atoms with Gasteiger partial charge in [-0.15, -0.1) is 0 Å². The minimum atomic E-state index is -0.122. The van der Waals surface area contributed by atoms with E-state index in [0.29, 0.717) is 5.82 Å². The predicted octanol–water partition coefficient (Wildman–Crippen LogP) is 0.649. The summed E-state index contributed by atoms with van der Waals surface area (Å²) < 4.78 is 0. The van der Waals surface area contributed by atoms with Gasteiger partial charge in [-0.25, -0.2) is 4.98 Å². The molecule has 0 aliphatic rings. The normalized spacial score (nSPS) is 10.2. The second kappa shape index (κ2) is 5.50. The maximum Gasteiger partial charge on any atom is 0.239 e. The summed E-state index contributed by atoms with van der Waals surface area (Å²) in [6.45, 7) is 3.89. The number of anilines is 2. The standard InChI is InChI=1S/C9H14ClN5O/c1-5(2)13-8(16)4-12-7-3-6(10)14-9(11)15-7/h3,5H,4H2,1-2H3,(H,13,16)(H3,11,12,14,15). The molecule has 1 heterocycles. The lowest BCUT2D eigenvalue weighted by molar-refractivity contribution is -0.119. The van der Waals surface area contributed by atoms with Gasteiger partial charge in [-0.2, -0.15) is 4.98 Å². The number of rotatable bonds is 4. The molecule has 0 saturated carbocycles. The van der Waals surface area contributed by atoms with E-state index in [4.69, 9.17) is 17.3 Å². The molecule has 0 aliphatic heterocycles. The zero-order chi connectivity index (χ0) is 12.1. The minimum absolute atomic E-state index is 0.0688. The number of hydrogen-bond acceptors (Lipinski definition) is 5. The van der Waals surface area contributed by atoms with Gasteiger partial charge in [0.15, 0.2) is 0 Å². The summed E-state index contributed by atoms with van der Waals surface area (Å²) in [6.07, 6.45) is 0. The van der Waals surface area contributed by atoms with Gasteiger partial charge < -0.3 is 16.4 Å². The summed E-state index contributed by atoms with van der Waals surface area (Å²) in [4.78, 5) is 18.9. The maximum atomic E-state index is 11.3. The second-order valence-electron chi connectivity index (χ2n) is 3.51. The number of nitrogens with zero attached hydrogens (tertiary/aromatic N) is 2. The highest BCUT2D eigenvalue weighted by molar-refractivity contribution is 6.29. The number of aromatic nitrogens is 2. The van der Waals surface area contributed by atoms with E-state index in [2.05, 4.69) is 20.6 Å². The summed E-state index contributed by atoms with van der Waals surface area (Å²) in [5.74, 6) is 0.374. The zero-order valence-electron chi connectivity index (χ0n) is 9.12. The number of nitrogens with two attached hydrogens (primary N) is 1. The first-order valence-electron chi connectivity index (χ1n) is 4.80. The lowest BCUT2D eigenvalue weighted by atomic mass is 10.4. The molecule has 1 aromatic rings. The molecule has 0 atom stereocenters. The van der Waals surface area contributed by atoms with Crippen LogP contribution in [0.3, 0.4) is 0 Å². The Hall–Kier alpha value is -1.56. The van der Waals surface area contributed by atoms with Gasteiger partial charge in [0.2, 0.25) is 11.9 Å². The van der Waals surface area contributed by atoms with Crippen LogP contribution >= 0.6 is 11.6 Å². The van der Waals surface area contributed by atoms with Gasteiger partial charge in [-0.1, -0.05) is 11.6 Å². The van der Waals surface area contributed by atoms with Crippen molar-refractivity contribution in [3.8, 4) is 0 Å². The van der Waals surface area contributed by atoms with E-state index in [9.17, 15) is 4.79 Å². The molecule has 0 radical (unpaired) electrons. The van der Waals surface area contributed by atoms with E-state index in [1.807, 2.05) is 13.8 Å². The van der Waals surface area contributed by atoms with Gasteiger partial charge >= 0.3 is 0 Å². The van der Waals surface area contributed by atoms with Gasteiger partial charge in [0.1, 0.15) is 11.0 Å². The molecule has 1 aromatic heterocycles. The number of amides is 1. The van der Waals surface area contributed by atoms with Gasteiger partial charge in [0, 0.05) is 12.1 Å². The lowest BCUT2D eigenvalue weighted by Gasteiger charge is -2.09. The Morgan fingerprint density at radius 3 is 2.81 bits per heavy atom. The SMILES string of the molecule is CC(C)NC(=O)CNc1cc(Cl)nc(N)n1. The molecule has 88 valence electrons. The molecular weight excluding hydrogens is 230 g/mol. The van der Waals surface area contributed by atoms with Crippen molar-refractivity contribution in [3.05, 3.63) is 11.2 Å². The first kappa shape index (κ1) is 12.5. The fourth-order valence-corrected chi connectivity index (χ4v) is 1.26. The molecule has 7 heteroatoms. The highest BCUT2D eigenvalue weighted by atomic mass is 35.5. The van der Waals surface area contributed by atoms with Crippen molar-refractivity contribution in [1.29, 1.82) is 0 Å². The number of nitrogen functional groups attached to an aromatic ring is 1. The summed E-state index contributed by atoms with van der Waals surface area (Å²) in [5.41, 5.74) is 5.40. The molecule has 0 fully saturated rings. The Bertz CT molecular complexity index is 362. The Labute approximate surface area is 98.6 Å². The van der Waals surface area contributed by atoms with E-state index >= 15 is 0 Å². The van der Waals surface area contributed by atoms with Crippen LogP contribution in [-0.4, -0.2) is 28.5 Å². The average Bonchev–Trinajstić information content (AvgIpc) is 2.12. The van der Waals surface area contributed by atoms with Crippen LogP contribution in [0, 0.1) is 0 Å². The third kappa shape index (κ3) is 4.31. The van der Waals surface area contributed by atoms with Gasteiger partial charge in [0.05, 0.1) is 6.54 Å². The predicted molar refractivity (Wildman–Crippen MR) is 63.2 cm³/mol. The van der Waals surface area contributed by atoms with Crippen molar-refractivity contribution in [2.24, 2.45) is 0 Å². The molecular formula is C9H14ClN5O. The smallest absolute Gasteiger partial charge is 0.239 e. The highest BCUT2D eigenvalue weighted by Gasteiger charge is 2.04. The number of hydrogen-bond donors (Lipinski definition) is 3. The van der Waals surface area contributed by atoms with Crippen molar-refractivity contribution in [1.82, 2.24) is 15.3 Å². The van der Waals surface area contributed by atoms with Crippen LogP contribution in [0.15, 0.2) is 6.07 Å². The van der Waals surface area contributed by atoms with Crippen LogP contribution in [0.25, 0.3) is 0 Å². The highest BCUT2D eigenvalue weighted by Crippen LogP contribution is 2.11. The lowest BCUT2D eigenvalue weighted by Crippen LogP contribution is -2.35. The van der Waals surface area contributed by atoms with Crippen molar-refractivity contribution < 1.29 is 4.79 Å². The van der Waals surface area contributed by atoms with E-state index in [1.54, 1.807) is 0 Å². The van der Waals surface area contributed by atoms with Gasteiger partial charge in [-0.3, -0.25) is 4.79 Å². The van der Waals surface area contributed by atoms with Gasteiger partial charge in [0.25, 0.3) is 0 Å². The Balaban J connectivity index is 2.51. The van der Waals surface area contributed by atoms with E-state index < -0.39 is 0 Å². The molecule has 1 rings (SSSR count). The van der Waals surface area contributed by atoms with Crippen LogP contribution in [0.5, 0.6) is 0 Å². The maximum absolute atomic E-state index is 11.3. The summed E-state index contributed by atoms with van der Waals surface area (Å²) >= 11 is 5.68. The minimum Gasteiger partial charge on any atom is -0.368 e. The topological polar surface area (TPSA) is 92.9 Å². The van der Waals surface area contributed by atoms with Crippen LogP contribution in [0.1, 0.15) is 13.8 Å².